The van der Waals surface area contributed by atoms with E-state index in [-0.39, 0.29) is 0 Å². The molecule has 0 aliphatic heterocycles. The van der Waals surface area contributed by atoms with Gasteiger partial charge in [0.15, 0.2) is 0 Å². The van der Waals surface area contributed by atoms with E-state index in [0.717, 1.165) is 10.8 Å². The first-order valence-electron chi connectivity index (χ1n) is 5.36. The predicted octanol–water partition coefficient (Wildman–Crippen LogP) is 4.17. The molecule has 0 atom stereocenters. The molecule has 92 valence electrons. The minimum atomic E-state index is 0.965. The highest BCUT2D eigenvalue weighted by molar-refractivity contribution is 8.09. The number of hydrogen-bond donors (Lipinski definition) is 2. The van der Waals surface area contributed by atoms with Crippen molar-refractivity contribution in [2.75, 3.05) is 39.6 Å². The highest BCUT2D eigenvalue weighted by Gasteiger charge is 1.92. The van der Waals surface area contributed by atoms with Crippen LogP contribution in [0.3, 0.4) is 0 Å². The number of thiol groups is 2. The average Bonchev–Trinajstić information content (AvgIpc) is 2.26. The summed E-state index contributed by atoms with van der Waals surface area (Å²) in [5.41, 5.74) is 0. The van der Waals surface area contributed by atoms with Crippen molar-refractivity contribution >= 4 is 60.5 Å². The first kappa shape index (κ1) is 16.8. The first-order chi connectivity index (χ1) is 7.41. The molecule has 0 bridgehead atoms. The lowest BCUT2D eigenvalue weighted by Crippen LogP contribution is -1.90. The van der Waals surface area contributed by atoms with Crippen LogP contribution in [0, 0.1) is 0 Å². The summed E-state index contributed by atoms with van der Waals surface area (Å²) >= 11 is 14.5. The summed E-state index contributed by atoms with van der Waals surface area (Å²) in [6, 6.07) is 0. The Morgan fingerprint density at radius 3 is 1.53 bits per heavy atom. The molecule has 0 aliphatic rings. The number of thioether (sulfide) groups is 3. The zero-order chi connectivity index (χ0) is 11.2. The molecule has 0 rings (SSSR count). The topological polar surface area (TPSA) is 0 Å². The molecule has 0 aromatic heterocycles. The first-order valence-corrected chi connectivity index (χ1v) is 10.1. The number of hydrogen-bond acceptors (Lipinski definition) is 5. The van der Waals surface area contributed by atoms with Gasteiger partial charge in [0.1, 0.15) is 0 Å². The van der Waals surface area contributed by atoms with Crippen molar-refractivity contribution < 1.29 is 0 Å². The largest absolute Gasteiger partial charge is 0.179 e. The van der Waals surface area contributed by atoms with Gasteiger partial charge < -0.3 is 0 Å². The average molecular weight is 303 g/mol. The standard InChI is InChI=1S/C10H22S5/c11-4-1-5-13-6-2-7-14-8-3-9-15-10-12/h11-12H,1-10H2. The molecule has 0 aromatic rings. The Bertz CT molecular complexity index is 98.0. The van der Waals surface area contributed by atoms with E-state index in [2.05, 4.69) is 48.8 Å². The van der Waals surface area contributed by atoms with Gasteiger partial charge in [-0.05, 0) is 53.8 Å². The Hall–Kier alpha value is 1.75. The highest BCUT2D eigenvalue weighted by atomic mass is 32.2. The van der Waals surface area contributed by atoms with Gasteiger partial charge in [0, 0.05) is 5.08 Å². The van der Waals surface area contributed by atoms with Crippen molar-refractivity contribution in [3.05, 3.63) is 0 Å². The predicted molar refractivity (Wildman–Crippen MR) is 88.7 cm³/mol. The quantitative estimate of drug-likeness (QED) is 0.316. The molecule has 15 heavy (non-hydrogen) atoms. The van der Waals surface area contributed by atoms with Crippen LogP contribution < -0.4 is 0 Å². The van der Waals surface area contributed by atoms with E-state index in [4.69, 9.17) is 0 Å². The van der Waals surface area contributed by atoms with E-state index in [9.17, 15) is 0 Å². The van der Waals surface area contributed by atoms with Gasteiger partial charge >= 0.3 is 0 Å². The van der Waals surface area contributed by atoms with E-state index in [1.165, 1.54) is 48.0 Å². The van der Waals surface area contributed by atoms with Gasteiger partial charge in [0.2, 0.25) is 0 Å². The van der Waals surface area contributed by atoms with E-state index < -0.39 is 0 Å². The van der Waals surface area contributed by atoms with Crippen LogP contribution in [0.15, 0.2) is 0 Å². The molecule has 0 heterocycles. The summed E-state index contributed by atoms with van der Waals surface area (Å²) in [7, 11) is 0. The highest BCUT2D eigenvalue weighted by Crippen LogP contribution is 2.12. The molecule has 5 heteroatoms. The van der Waals surface area contributed by atoms with E-state index >= 15 is 0 Å². The molecule has 0 aromatic carbocycles. The molecule has 0 saturated heterocycles. The fraction of sp³-hybridized carbons (Fsp3) is 1.00. The van der Waals surface area contributed by atoms with Gasteiger partial charge in [0.05, 0.1) is 0 Å². The van der Waals surface area contributed by atoms with Crippen molar-refractivity contribution in [2.24, 2.45) is 0 Å². The van der Waals surface area contributed by atoms with Gasteiger partial charge in [-0.2, -0.15) is 60.5 Å². The van der Waals surface area contributed by atoms with Crippen molar-refractivity contribution in [3.63, 3.8) is 0 Å². The Morgan fingerprint density at radius 1 is 0.600 bits per heavy atom. The van der Waals surface area contributed by atoms with Crippen molar-refractivity contribution in [2.45, 2.75) is 19.3 Å². The molecule has 0 saturated carbocycles. The second kappa shape index (κ2) is 15.8. The zero-order valence-corrected chi connectivity index (χ0v) is 13.4. The molecule has 0 aliphatic carbocycles. The molecule has 0 nitrogen and oxygen atoms in total. The summed E-state index contributed by atoms with van der Waals surface area (Å²) in [5.74, 6) is 7.57. The lowest BCUT2D eigenvalue weighted by molar-refractivity contribution is 1.08. The third kappa shape index (κ3) is 15.8. The maximum absolute atomic E-state index is 4.19. The molecule has 0 N–H and O–H groups in total. The summed E-state index contributed by atoms with van der Waals surface area (Å²) < 4.78 is 0. The van der Waals surface area contributed by atoms with E-state index in [0.29, 0.717) is 0 Å². The third-order valence-corrected chi connectivity index (χ3v) is 5.63. The Balaban J connectivity index is 2.81. The third-order valence-electron chi connectivity index (χ3n) is 1.69. The van der Waals surface area contributed by atoms with Crippen LogP contribution in [0.1, 0.15) is 19.3 Å². The van der Waals surface area contributed by atoms with Crippen molar-refractivity contribution in [1.29, 1.82) is 0 Å². The van der Waals surface area contributed by atoms with E-state index in [1.54, 1.807) is 0 Å². The summed E-state index contributed by atoms with van der Waals surface area (Å²) in [6.45, 7) is 0. The fourth-order valence-electron chi connectivity index (χ4n) is 0.961. The molecule has 0 radical (unpaired) electrons. The van der Waals surface area contributed by atoms with Crippen LogP contribution in [0.5, 0.6) is 0 Å². The molecular weight excluding hydrogens is 280 g/mol. The monoisotopic (exact) mass is 302 g/mol. The normalized spacial score (nSPS) is 10.8. The second-order valence-corrected chi connectivity index (χ2v) is 7.79. The molecule has 0 fully saturated rings. The number of rotatable bonds is 12. The molecular formula is C10H22S5. The van der Waals surface area contributed by atoms with Gasteiger partial charge in [0.25, 0.3) is 0 Å². The van der Waals surface area contributed by atoms with Crippen molar-refractivity contribution in [3.8, 4) is 0 Å². The van der Waals surface area contributed by atoms with Gasteiger partial charge in [-0.1, -0.05) is 0 Å². The summed E-state index contributed by atoms with van der Waals surface area (Å²) in [5, 5.41) is 0.965. The summed E-state index contributed by atoms with van der Waals surface area (Å²) in [4.78, 5) is 0. The lowest BCUT2D eigenvalue weighted by atomic mass is 10.6. The second-order valence-electron chi connectivity index (χ2n) is 3.05. The SMILES string of the molecule is SCCCSCCCSCCCSCS. The molecule has 0 amide bonds. The lowest BCUT2D eigenvalue weighted by Gasteiger charge is -2.01. The van der Waals surface area contributed by atoms with Crippen LogP contribution in [0.25, 0.3) is 0 Å². The van der Waals surface area contributed by atoms with Crippen LogP contribution in [0.2, 0.25) is 0 Å². The molecule has 0 spiro atoms. The maximum Gasteiger partial charge on any atom is 0.0361 e. The maximum atomic E-state index is 4.19. The minimum Gasteiger partial charge on any atom is -0.179 e. The summed E-state index contributed by atoms with van der Waals surface area (Å²) in [6.07, 6.45) is 3.95. The van der Waals surface area contributed by atoms with Crippen LogP contribution in [-0.4, -0.2) is 39.6 Å². The smallest absolute Gasteiger partial charge is 0.0361 e. The Kier molecular flexibility index (Phi) is 17.6. The van der Waals surface area contributed by atoms with Gasteiger partial charge in [-0.25, -0.2) is 0 Å². The Labute approximate surface area is 119 Å². The fourth-order valence-corrected chi connectivity index (χ4v) is 4.37. The van der Waals surface area contributed by atoms with Crippen LogP contribution in [0.4, 0.5) is 0 Å². The minimum absolute atomic E-state index is 0.965. The van der Waals surface area contributed by atoms with Crippen molar-refractivity contribution in [1.82, 2.24) is 0 Å². The van der Waals surface area contributed by atoms with Crippen LogP contribution >= 0.6 is 60.5 Å². The van der Waals surface area contributed by atoms with Crippen LogP contribution in [-0.2, 0) is 0 Å². The van der Waals surface area contributed by atoms with Gasteiger partial charge in [-0.3, -0.25) is 0 Å². The zero-order valence-electron chi connectivity index (χ0n) is 9.19. The van der Waals surface area contributed by atoms with Gasteiger partial charge in [-0.15, -0.1) is 0 Å². The Morgan fingerprint density at radius 2 is 1.07 bits per heavy atom. The van der Waals surface area contributed by atoms with E-state index in [1.807, 2.05) is 11.8 Å². The molecule has 0 unspecified atom stereocenters.